The van der Waals surface area contributed by atoms with E-state index in [1.807, 2.05) is 0 Å². The molecule has 9 heteroatoms. The van der Waals surface area contributed by atoms with Crippen molar-refractivity contribution in [1.29, 1.82) is 0 Å². The second-order valence-electron chi connectivity index (χ2n) is 18.6. The Bertz CT molecular complexity index is 1140. The van der Waals surface area contributed by atoms with Crippen molar-refractivity contribution >= 4 is 5.91 Å². The fraction of sp³-hybridized carbons (Fsp3) is 0.836. The lowest BCUT2D eigenvalue weighted by Crippen LogP contribution is -2.60. The number of ether oxygens (including phenoxy) is 2. The number of hydrogen-bond donors (Lipinski definition) is 6. The molecule has 1 amide bonds. The first-order valence-corrected chi connectivity index (χ1v) is 26.8. The summed E-state index contributed by atoms with van der Waals surface area (Å²) in [5.74, 6) is -0.151. The molecule has 1 heterocycles. The van der Waals surface area contributed by atoms with Gasteiger partial charge in [0.2, 0.25) is 5.91 Å². The van der Waals surface area contributed by atoms with Gasteiger partial charge in [-0.3, -0.25) is 4.79 Å². The van der Waals surface area contributed by atoms with Gasteiger partial charge in [0.15, 0.2) is 6.29 Å². The van der Waals surface area contributed by atoms with Crippen LogP contribution in [0.1, 0.15) is 239 Å². The fourth-order valence-electron chi connectivity index (χ4n) is 8.45. The Balaban J connectivity index is 1.93. The molecule has 0 aromatic rings. The van der Waals surface area contributed by atoms with Crippen molar-refractivity contribution in [2.24, 2.45) is 0 Å². The minimum atomic E-state index is -1.55. The van der Waals surface area contributed by atoms with Gasteiger partial charge in [-0.05, 0) is 51.4 Å². The molecule has 7 unspecified atom stereocenters. The van der Waals surface area contributed by atoms with E-state index in [0.29, 0.717) is 12.8 Å². The Morgan fingerprint density at radius 3 is 1.42 bits per heavy atom. The molecule has 374 valence electrons. The van der Waals surface area contributed by atoms with Crippen LogP contribution < -0.4 is 5.32 Å². The van der Waals surface area contributed by atoms with Gasteiger partial charge in [-0.25, -0.2) is 0 Å². The molecule has 0 saturated carbocycles. The summed E-state index contributed by atoms with van der Waals surface area (Å²) in [6.07, 6.45) is 52.4. The molecule has 1 saturated heterocycles. The highest BCUT2D eigenvalue weighted by Gasteiger charge is 2.44. The predicted octanol–water partition coefficient (Wildman–Crippen LogP) is 12.6. The zero-order chi connectivity index (χ0) is 46.6. The van der Waals surface area contributed by atoms with Gasteiger partial charge in [0.1, 0.15) is 24.4 Å². The molecule has 1 rings (SSSR count). The van der Waals surface area contributed by atoms with Gasteiger partial charge in [0, 0.05) is 6.42 Å². The van der Waals surface area contributed by atoms with Gasteiger partial charge in [-0.2, -0.15) is 0 Å². The molecule has 0 aliphatic carbocycles. The maximum Gasteiger partial charge on any atom is 0.220 e. The number of aliphatic hydroxyl groups is 5. The highest BCUT2D eigenvalue weighted by atomic mass is 16.7. The van der Waals surface area contributed by atoms with Crippen LogP contribution >= 0.6 is 0 Å². The number of aliphatic hydroxyl groups excluding tert-OH is 5. The van der Waals surface area contributed by atoms with Crippen LogP contribution in [0.5, 0.6) is 0 Å². The third kappa shape index (κ3) is 34.5. The first-order chi connectivity index (χ1) is 31.3. The Labute approximate surface area is 393 Å². The number of hydrogen-bond acceptors (Lipinski definition) is 8. The van der Waals surface area contributed by atoms with Crippen molar-refractivity contribution in [1.82, 2.24) is 5.32 Å². The standard InChI is InChI=1S/C55H101NO8/c1-3-5-7-9-10-11-12-13-14-15-16-17-18-19-20-21-22-23-24-25-26-27-28-29-30-31-32-33-34-35-36-37-38-39-40-41-43-45-51(59)56-48(49(58)44-42-8-6-4-2)47-63-55-54(62)53(61)52(60)50(46-57)64-55/h5,7,10-11,13-14,16-17,48-50,52-55,57-58,60-62H,3-4,6,8-9,12,15,18-47H2,1-2H3,(H,56,59)/b7-5-,11-10-,14-13-,17-16-. The van der Waals surface area contributed by atoms with E-state index in [2.05, 4.69) is 67.8 Å². The lowest BCUT2D eigenvalue weighted by molar-refractivity contribution is -0.302. The number of unbranched alkanes of at least 4 members (excludes halogenated alkanes) is 27. The lowest BCUT2D eigenvalue weighted by Gasteiger charge is -2.40. The molecular weight excluding hydrogens is 803 g/mol. The molecule has 9 nitrogen and oxygen atoms in total. The van der Waals surface area contributed by atoms with Crippen LogP contribution in [-0.4, -0.2) is 87.5 Å². The third-order valence-corrected chi connectivity index (χ3v) is 12.7. The zero-order valence-corrected chi connectivity index (χ0v) is 41.3. The minimum absolute atomic E-state index is 0.139. The molecule has 0 radical (unpaired) electrons. The molecule has 0 aromatic carbocycles. The van der Waals surface area contributed by atoms with Gasteiger partial charge in [0.05, 0.1) is 25.4 Å². The van der Waals surface area contributed by atoms with Gasteiger partial charge in [-0.15, -0.1) is 0 Å². The van der Waals surface area contributed by atoms with Gasteiger partial charge >= 0.3 is 0 Å². The van der Waals surface area contributed by atoms with Crippen molar-refractivity contribution in [3.8, 4) is 0 Å². The molecule has 1 aliphatic rings. The molecule has 0 spiro atoms. The molecule has 1 fully saturated rings. The van der Waals surface area contributed by atoms with Crippen LogP contribution in [0.25, 0.3) is 0 Å². The first kappa shape index (κ1) is 60.2. The molecule has 0 aromatic heterocycles. The van der Waals surface area contributed by atoms with E-state index in [1.165, 1.54) is 141 Å². The maximum atomic E-state index is 12.9. The van der Waals surface area contributed by atoms with Gasteiger partial charge in [0.25, 0.3) is 0 Å². The number of allylic oxidation sites excluding steroid dienone is 8. The van der Waals surface area contributed by atoms with Crippen molar-refractivity contribution in [2.75, 3.05) is 13.2 Å². The SMILES string of the molecule is CC/C=C\C/C=C\C/C=C\C/C=C\CCCCCCCCCCCCCCCCCCCCCCCCCCC(=O)NC(COC1OC(CO)C(O)C(O)C1O)C(O)CCCCCC. The summed E-state index contributed by atoms with van der Waals surface area (Å²) < 4.78 is 11.2. The second-order valence-corrected chi connectivity index (χ2v) is 18.6. The van der Waals surface area contributed by atoms with Crippen LogP contribution in [0.15, 0.2) is 48.6 Å². The summed E-state index contributed by atoms with van der Waals surface area (Å²) in [7, 11) is 0. The summed E-state index contributed by atoms with van der Waals surface area (Å²) >= 11 is 0. The molecule has 6 N–H and O–H groups in total. The second kappa shape index (κ2) is 45.0. The zero-order valence-electron chi connectivity index (χ0n) is 41.3. The van der Waals surface area contributed by atoms with E-state index in [0.717, 1.165) is 70.6 Å². The van der Waals surface area contributed by atoms with E-state index < -0.39 is 49.5 Å². The Kier molecular flexibility index (Phi) is 42.3. The summed E-state index contributed by atoms with van der Waals surface area (Å²) in [4.78, 5) is 12.9. The largest absolute Gasteiger partial charge is 0.394 e. The molecule has 64 heavy (non-hydrogen) atoms. The fourth-order valence-corrected chi connectivity index (χ4v) is 8.45. The van der Waals surface area contributed by atoms with Crippen LogP contribution in [-0.2, 0) is 14.3 Å². The highest BCUT2D eigenvalue weighted by molar-refractivity contribution is 5.76. The smallest absolute Gasteiger partial charge is 0.220 e. The van der Waals surface area contributed by atoms with E-state index in [1.54, 1.807) is 0 Å². The lowest BCUT2D eigenvalue weighted by atomic mass is 9.99. The number of carbonyl (C=O) groups is 1. The average molecular weight is 904 g/mol. The number of carbonyl (C=O) groups excluding carboxylic acids is 1. The highest BCUT2D eigenvalue weighted by Crippen LogP contribution is 2.23. The summed E-state index contributed by atoms with van der Waals surface area (Å²) in [6.45, 7) is 3.60. The van der Waals surface area contributed by atoms with Crippen molar-refractivity contribution < 1.29 is 39.8 Å². The van der Waals surface area contributed by atoms with Gasteiger partial charge in [-0.1, -0.05) is 229 Å². The normalized spacial score (nSPS) is 20.4. The maximum absolute atomic E-state index is 12.9. The van der Waals surface area contributed by atoms with Crippen LogP contribution in [0, 0.1) is 0 Å². The molecular formula is C55H101NO8. The first-order valence-electron chi connectivity index (χ1n) is 26.8. The van der Waals surface area contributed by atoms with E-state index in [9.17, 15) is 30.3 Å². The Hall–Kier alpha value is -1.85. The number of amides is 1. The van der Waals surface area contributed by atoms with Crippen molar-refractivity contribution in [3.05, 3.63) is 48.6 Å². The van der Waals surface area contributed by atoms with Crippen molar-refractivity contribution in [2.45, 2.75) is 281 Å². The van der Waals surface area contributed by atoms with Crippen molar-refractivity contribution in [3.63, 3.8) is 0 Å². The minimum Gasteiger partial charge on any atom is -0.394 e. The van der Waals surface area contributed by atoms with E-state index >= 15 is 0 Å². The van der Waals surface area contributed by atoms with Crippen LogP contribution in [0.3, 0.4) is 0 Å². The predicted molar refractivity (Wildman–Crippen MR) is 267 cm³/mol. The van der Waals surface area contributed by atoms with Gasteiger partial charge < -0.3 is 40.3 Å². The summed E-state index contributed by atoms with van der Waals surface area (Å²) in [6, 6.07) is -0.712. The monoisotopic (exact) mass is 904 g/mol. The van der Waals surface area contributed by atoms with Crippen LogP contribution in [0.2, 0.25) is 0 Å². The molecule has 0 bridgehead atoms. The van der Waals surface area contributed by atoms with E-state index in [-0.39, 0.29) is 12.5 Å². The molecule has 7 atom stereocenters. The summed E-state index contributed by atoms with van der Waals surface area (Å²) in [5.41, 5.74) is 0. The van der Waals surface area contributed by atoms with Crippen LogP contribution in [0.4, 0.5) is 0 Å². The Morgan fingerprint density at radius 1 is 0.547 bits per heavy atom. The Morgan fingerprint density at radius 2 is 0.969 bits per heavy atom. The summed E-state index contributed by atoms with van der Waals surface area (Å²) in [5, 5.41) is 53.8. The number of rotatable bonds is 45. The molecule has 1 aliphatic heterocycles. The third-order valence-electron chi connectivity index (χ3n) is 12.7. The topological polar surface area (TPSA) is 149 Å². The number of nitrogens with one attached hydrogen (secondary N) is 1. The average Bonchev–Trinajstić information content (AvgIpc) is 3.29. The van der Waals surface area contributed by atoms with E-state index in [4.69, 9.17) is 9.47 Å². The quantitative estimate of drug-likeness (QED) is 0.0261.